The van der Waals surface area contributed by atoms with E-state index in [1.54, 1.807) is 48.1 Å². The van der Waals surface area contributed by atoms with Crippen LogP contribution in [-0.2, 0) is 28.8 Å². The van der Waals surface area contributed by atoms with Crippen molar-refractivity contribution in [3.8, 4) is 0 Å². The van der Waals surface area contributed by atoms with Gasteiger partial charge >= 0.3 is 0 Å². The molecule has 2 atom stereocenters. The molecule has 2 rings (SSSR count). The van der Waals surface area contributed by atoms with Gasteiger partial charge in [0.25, 0.3) is 0 Å². The van der Waals surface area contributed by atoms with Crippen LogP contribution in [0.1, 0.15) is 77.0 Å². The molecule has 0 aromatic rings. The van der Waals surface area contributed by atoms with E-state index in [0.717, 1.165) is 32.1 Å². The van der Waals surface area contributed by atoms with E-state index >= 15 is 0 Å². The maximum absolute atomic E-state index is 12.8. The molecule has 2 saturated heterocycles. The Morgan fingerprint density at radius 1 is 0.587 bits per heavy atom. The Labute approximate surface area is 288 Å². The van der Waals surface area contributed by atoms with E-state index in [1.165, 1.54) is 4.90 Å². The monoisotopic (exact) mass is 721 g/mol. The minimum Gasteiger partial charge on any atom is -0.369 e. The molecular weight excluding hydrogens is 671 g/mol. The second-order valence-electron chi connectivity index (χ2n) is 11.5. The van der Waals surface area contributed by atoms with Crippen molar-refractivity contribution in [1.82, 2.24) is 15.1 Å². The van der Waals surface area contributed by atoms with Crippen molar-refractivity contribution in [2.45, 2.75) is 86.2 Å². The van der Waals surface area contributed by atoms with Crippen LogP contribution in [-0.4, -0.2) is 100 Å². The molecule has 0 spiro atoms. The summed E-state index contributed by atoms with van der Waals surface area (Å²) in [6.07, 6.45) is 6.24. The number of primary amides is 2. The van der Waals surface area contributed by atoms with Crippen molar-refractivity contribution in [3.05, 3.63) is 0 Å². The molecule has 0 aromatic carbocycles. The number of hydrogen-bond donors (Lipinski definition) is 5. The minimum absolute atomic E-state index is 0.0495. The third-order valence-electron chi connectivity index (χ3n) is 7.87. The predicted molar refractivity (Wildman–Crippen MR) is 188 cm³/mol. The molecule has 0 aromatic heterocycles. The van der Waals surface area contributed by atoms with Crippen molar-refractivity contribution >= 4 is 78.5 Å². The maximum Gasteiger partial charge on any atom is 0.223 e. The van der Waals surface area contributed by atoms with Crippen LogP contribution in [0.2, 0.25) is 0 Å². The van der Waals surface area contributed by atoms with Crippen LogP contribution in [0.5, 0.6) is 0 Å². The lowest BCUT2D eigenvalue weighted by molar-refractivity contribution is -0.136. The van der Waals surface area contributed by atoms with Crippen LogP contribution in [0.3, 0.4) is 0 Å². The smallest absolute Gasteiger partial charge is 0.223 e. The van der Waals surface area contributed by atoms with E-state index in [0.29, 0.717) is 25.8 Å². The van der Waals surface area contributed by atoms with E-state index in [1.807, 2.05) is 0 Å². The topological polar surface area (TPSA) is 225 Å². The summed E-state index contributed by atoms with van der Waals surface area (Å²) in [6.45, 7) is 1.63. The zero-order valence-corrected chi connectivity index (χ0v) is 29.8. The Hall–Kier alpha value is -1.66. The van der Waals surface area contributed by atoms with Crippen molar-refractivity contribution in [2.75, 3.05) is 45.8 Å². The quantitative estimate of drug-likeness (QED) is 0.0441. The first-order valence-corrected chi connectivity index (χ1v) is 20.6. The van der Waals surface area contributed by atoms with Crippen molar-refractivity contribution in [3.63, 3.8) is 0 Å². The molecular formula is C29H51N7O6S4. The summed E-state index contributed by atoms with van der Waals surface area (Å²) >= 11 is 0. The fraction of sp³-hybridized carbons (Fsp3) is 0.793. The Morgan fingerprint density at radius 3 is 1.52 bits per heavy atom. The normalized spacial score (nSPS) is 15.5. The molecule has 0 radical (unpaired) electrons. The lowest BCUT2D eigenvalue weighted by Crippen LogP contribution is -2.43. The highest BCUT2D eigenvalue weighted by atomic mass is 33.2. The first-order chi connectivity index (χ1) is 22.1. The van der Waals surface area contributed by atoms with E-state index in [-0.39, 0.29) is 121 Å². The van der Waals surface area contributed by atoms with Crippen molar-refractivity contribution < 1.29 is 28.8 Å². The second kappa shape index (κ2) is 22.8. The van der Waals surface area contributed by atoms with Gasteiger partial charge in [0.05, 0.1) is 21.0 Å². The van der Waals surface area contributed by atoms with Gasteiger partial charge in [-0.3, -0.25) is 28.8 Å². The van der Waals surface area contributed by atoms with Gasteiger partial charge in [0, 0.05) is 77.9 Å². The van der Waals surface area contributed by atoms with Crippen LogP contribution in [0.15, 0.2) is 0 Å². The number of nitrogens with two attached hydrogens (primary N) is 4. The number of Topliss-reactive ketones (excluding diaryl/α,β-unsaturated/α-hetero) is 1. The molecule has 2 aliphatic heterocycles. The van der Waals surface area contributed by atoms with Gasteiger partial charge in [-0.2, -0.15) is 0 Å². The average Bonchev–Trinajstić information content (AvgIpc) is 3.93. The number of amides is 5. The van der Waals surface area contributed by atoms with Crippen LogP contribution in [0.4, 0.5) is 0 Å². The molecule has 13 nitrogen and oxygen atoms in total. The van der Waals surface area contributed by atoms with Gasteiger partial charge in [-0.1, -0.05) is 62.4 Å². The number of carbonyl (C=O) groups is 6. The molecule has 2 aliphatic rings. The highest BCUT2D eigenvalue weighted by Crippen LogP contribution is 2.58. The summed E-state index contributed by atoms with van der Waals surface area (Å²) in [7, 11) is 6.67. The first kappa shape index (κ1) is 40.5. The SMILES string of the molecule is NCCC(=O)N(CCC(=O)CCCCC[C@@H](C(N)=O)C1SS1)CCN(CCC(=O)NCCCC[C@@H](C(N)=O)C1SS1)C(=O)CCN. The Morgan fingerprint density at radius 2 is 1.07 bits per heavy atom. The molecule has 5 amide bonds. The molecule has 17 heteroatoms. The number of unbranched alkanes of at least 4 members (excludes halogenated alkanes) is 3. The molecule has 262 valence electrons. The predicted octanol–water partition coefficient (Wildman–Crippen LogP) is 1.57. The second-order valence-corrected chi connectivity index (χ2v) is 17.2. The molecule has 46 heavy (non-hydrogen) atoms. The summed E-state index contributed by atoms with van der Waals surface area (Å²) in [6, 6.07) is 0. The standard InChI is InChI=1S/C29H51N7O6S4/c30-13-9-24(39)35(16-11-20(37)6-2-1-3-7-21(26(32)41)28-43-44-28)18-19-36(25(40)10-14-31)17-12-23(38)34-15-5-4-8-22(27(33)42)29-45-46-29/h21-22,28-29H,1-19,30-31H2,(H2,32,41)(H2,33,42)(H,34,38)/t21-,22-/m0/s1. The molecule has 0 saturated carbocycles. The summed E-state index contributed by atoms with van der Waals surface area (Å²) < 4.78 is 0.520. The third kappa shape index (κ3) is 16.9. The van der Waals surface area contributed by atoms with Crippen LogP contribution in [0, 0.1) is 11.8 Å². The molecule has 0 aliphatic carbocycles. The Bertz CT molecular complexity index is 941. The average molecular weight is 722 g/mol. The van der Waals surface area contributed by atoms with Crippen molar-refractivity contribution in [2.24, 2.45) is 34.8 Å². The summed E-state index contributed by atoms with van der Waals surface area (Å²) in [5.41, 5.74) is 22.2. The first-order valence-electron chi connectivity index (χ1n) is 16.0. The zero-order chi connectivity index (χ0) is 33.9. The lowest BCUT2D eigenvalue weighted by Gasteiger charge is -2.28. The molecule has 2 heterocycles. The molecule has 0 bridgehead atoms. The van der Waals surface area contributed by atoms with Gasteiger partial charge in [-0.15, -0.1) is 0 Å². The van der Waals surface area contributed by atoms with Crippen LogP contribution < -0.4 is 28.3 Å². The molecule has 2 fully saturated rings. The van der Waals surface area contributed by atoms with Gasteiger partial charge in [0.15, 0.2) is 0 Å². The largest absolute Gasteiger partial charge is 0.369 e. The van der Waals surface area contributed by atoms with Gasteiger partial charge in [-0.05, 0) is 25.7 Å². The van der Waals surface area contributed by atoms with Crippen LogP contribution in [0.25, 0.3) is 0 Å². The number of nitrogens with one attached hydrogen (secondary N) is 1. The number of rotatable bonds is 28. The van der Waals surface area contributed by atoms with E-state index in [4.69, 9.17) is 22.9 Å². The van der Waals surface area contributed by atoms with E-state index in [2.05, 4.69) is 5.32 Å². The maximum atomic E-state index is 12.8. The fourth-order valence-corrected chi connectivity index (χ4v) is 8.71. The zero-order valence-electron chi connectivity index (χ0n) is 26.5. The number of carbonyl (C=O) groups excluding carboxylic acids is 6. The van der Waals surface area contributed by atoms with E-state index < -0.39 is 0 Å². The van der Waals surface area contributed by atoms with E-state index in [9.17, 15) is 28.8 Å². The number of hydrogen-bond acceptors (Lipinski definition) is 12. The lowest BCUT2D eigenvalue weighted by atomic mass is 10.0. The summed E-state index contributed by atoms with van der Waals surface area (Å²) in [5, 5.41) is 2.87. The Balaban J connectivity index is 1.73. The highest BCUT2D eigenvalue weighted by Gasteiger charge is 2.37. The van der Waals surface area contributed by atoms with Gasteiger partial charge in [0.2, 0.25) is 29.5 Å². The fourth-order valence-electron chi connectivity index (χ4n) is 4.97. The minimum atomic E-state index is -0.283. The summed E-state index contributed by atoms with van der Waals surface area (Å²) in [4.78, 5) is 76.9. The number of nitrogens with zero attached hydrogens (tertiary/aromatic N) is 2. The highest BCUT2D eigenvalue weighted by molar-refractivity contribution is 8.93. The van der Waals surface area contributed by atoms with Crippen LogP contribution >= 0.6 is 43.2 Å². The third-order valence-corrected chi connectivity index (χ3v) is 12.5. The van der Waals surface area contributed by atoms with Gasteiger partial charge < -0.3 is 38.1 Å². The van der Waals surface area contributed by atoms with Gasteiger partial charge in [0.1, 0.15) is 5.78 Å². The summed E-state index contributed by atoms with van der Waals surface area (Å²) in [5.74, 6) is -1.36. The molecule has 0 unspecified atom stereocenters. The van der Waals surface area contributed by atoms with Crippen molar-refractivity contribution in [1.29, 1.82) is 0 Å². The number of ketones is 1. The molecule has 9 N–H and O–H groups in total. The van der Waals surface area contributed by atoms with Gasteiger partial charge in [-0.25, -0.2) is 0 Å². The Kier molecular flexibility index (Phi) is 20.1.